The van der Waals surface area contributed by atoms with Crippen molar-refractivity contribution < 1.29 is 5.11 Å². The zero-order valence-corrected chi connectivity index (χ0v) is 14.4. The van der Waals surface area contributed by atoms with E-state index in [9.17, 15) is 5.11 Å². The van der Waals surface area contributed by atoms with Crippen LogP contribution in [0.3, 0.4) is 0 Å². The predicted molar refractivity (Wildman–Crippen MR) is 92.3 cm³/mol. The fourth-order valence-electron chi connectivity index (χ4n) is 3.57. The molecule has 2 aliphatic rings. The molecule has 1 aliphatic heterocycles. The first-order valence-electron chi connectivity index (χ1n) is 9.12. The van der Waals surface area contributed by atoms with Crippen LogP contribution >= 0.6 is 0 Å². The molecule has 1 aliphatic carbocycles. The van der Waals surface area contributed by atoms with Crippen molar-refractivity contribution >= 4 is 5.96 Å². The standard InChI is InChI=1S/C17H34N4O/c1-3-18-17(21-13-10-16(22)14-21)19-11-7-12-20(2)15-8-5-4-6-9-15/h15-16,22H,3-14H2,1-2H3,(H,18,19)/t16-/m1/s1. The minimum atomic E-state index is -0.193. The first-order valence-corrected chi connectivity index (χ1v) is 9.12. The van der Waals surface area contributed by atoms with Gasteiger partial charge >= 0.3 is 0 Å². The predicted octanol–water partition coefficient (Wildman–Crippen LogP) is 1.67. The van der Waals surface area contributed by atoms with Crippen LogP contribution in [0.1, 0.15) is 51.9 Å². The number of aliphatic hydroxyl groups is 1. The summed E-state index contributed by atoms with van der Waals surface area (Å²) in [7, 11) is 2.27. The fourth-order valence-corrected chi connectivity index (χ4v) is 3.57. The summed E-state index contributed by atoms with van der Waals surface area (Å²) in [5, 5.41) is 13.0. The van der Waals surface area contributed by atoms with Gasteiger partial charge in [0.15, 0.2) is 5.96 Å². The Balaban J connectivity index is 1.71. The second-order valence-corrected chi connectivity index (χ2v) is 6.75. The minimum absolute atomic E-state index is 0.193. The Morgan fingerprint density at radius 2 is 2.05 bits per heavy atom. The zero-order chi connectivity index (χ0) is 15.8. The first-order chi connectivity index (χ1) is 10.7. The van der Waals surface area contributed by atoms with Crippen LogP contribution in [0.2, 0.25) is 0 Å². The van der Waals surface area contributed by atoms with E-state index in [0.717, 1.165) is 51.0 Å². The van der Waals surface area contributed by atoms with E-state index < -0.39 is 0 Å². The normalized spacial score (nSPS) is 24.3. The average Bonchev–Trinajstić information content (AvgIpc) is 2.97. The Hall–Kier alpha value is -0.810. The quantitative estimate of drug-likeness (QED) is 0.445. The molecule has 0 bridgehead atoms. The smallest absolute Gasteiger partial charge is 0.194 e. The van der Waals surface area contributed by atoms with Gasteiger partial charge in [0, 0.05) is 32.2 Å². The molecule has 1 atom stereocenters. The minimum Gasteiger partial charge on any atom is -0.391 e. The average molecular weight is 310 g/mol. The van der Waals surface area contributed by atoms with E-state index in [1.807, 2.05) is 0 Å². The molecule has 2 N–H and O–H groups in total. The number of hydrogen-bond donors (Lipinski definition) is 2. The Kier molecular flexibility index (Phi) is 7.46. The summed E-state index contributed by atoms with van der Waals surface area (Å²) < 4.78 is 0. The largest absolute Gasteiger partial charge is 0.391 e. The van der Waals surface area contributed by atoms with Crippen molar-refractivity contribution in [2.75, 3.05) is 39.8 Å². The molecular formula is C17H34N4O. The molecule has 22 heavy (non-hydrogen) atoms. The van der Waals surface area contributed by atoms with Gasteiger partial charge in [0.2, 0.25) is 0 Å². The number of aliphatic hydroxyl groups excluding tert-OH is 1. The van der Waals surface area contributed by atoms with Crippen molar-refractivity contribution in [3.63, 3.8) is 0 Å². The third-order valence-corrected chi connectivity index (χ3v) is 4.93. The van der Waals surface area contributed by atoms with Gasteiger partial charge in [-0.2, -0.15) is 0 Å². The van der Waals surface area contributed by atoms with E-state index in [-0.39, 0.29) is 6.10 Å². The van der Waals surface area contributed by atoms with Gasteiger partial charge in [-0.25, -0.2) is 0 Å². The number of rotatable bonds is 6. The number of guanidine groups is 1. The maximum atomic E-state index is 9.67. The Bertz CT molecular complexity index is 342. The molecule has 0 amide bonds. The highest BCUT2D eigenvalue weighted by Crippen LogP contribution is 2.21. The molecule has 0 unspecified atom stereocenters. The second-order valence-electron chi connectivity index (χ2n) is 6.75. The summed E-state index contributed by atoms with van der Waals surface area (Å²) in [5.74, 6) is 0.972. The lowest BCUT2D eigenvalue weighted by Crippen LogP contribution is -2.40. The molecule has 2 fully saturated rings. The lowest BCUT2D eigenvalue weighted by molar-refractivity contribution is 0.187. The van der Waals surface area contributed by atoms with Gasteiger partial charge in [-0.05, 0) is 46.2 Å². The number of β-amino-alcohol motifs (C(OH)–C–C–N with tert-alkyl or cyclic N) is 1. The zero-order valence-electron chi connectivity index (χ0n) is 14.4. The Morgan fingerprint density at radius 1 is 1.27 bits per heavy atom. The second kappa shape index (κ2) is 9.36. The van der Waals surface area contributed by atoms with Crippen LogP contribution < -0.4 is 5.32 Å². The van der Waals surface area contributed by atoms with Crippen LogP contribution in [0.4, 0.5) is 0 Å². The Morgan fingerprint density at radius 3 is 2.68 bits per heavy atom. The van der Waals surface area contributed by atoms with E-state index in [1.165, 1.54) is 32.1 Å². The summed E-state index contributed by atoms with van der Waals surface area (Å²) in [4.78, 5) is 9.45. The van der Waals surface area contributed by atoms with E-state index in [1.54, 1.807) is 0 Å². The number of nitrogens with one attached hydrogen (secondary N) is 1. The van der Waals surface area contributed by atoms with Gasteiger partial charge in [0.05, 0.1) is 6.10 Å². The van der Waals surface area contributed by atoms with Crippen molar-refractivity contribution in [3.8, 4) is 0 Å². The number of hydrogen-bond acceptors (Lipinski definition) is 3. The molecule has 1 heterocycles. The monoisotopic (exact) mass is 310 g/mol. The summed E-state index contributed by atoms with van der Waals surface area (Å²) in [5.41, 5.74) is 0. The Labute approximate surface area is 135 Å². The van der Waals surface area contributed by atoms with Crippen LogP contribution in [0.5, 0.6) is 0 Å². The highest BCUT2D eigenvalue weighted by Gasteiger charge is 2.22. The maximum absolute atomic E-state index is 9.67. The first kappa shape index (κ1) is 17.5. The van der Waals surface area contributed by atoms with Gasteiger partial charge in [-0.3, -0.25) is 4.99 Å². The van der Waals surface area contributed by atoms with Crippen LogP contribution in [0.25, 0.3) is 0 Å². The molecule has 0 radical (unpaired) electrons. The van der Waals surface area contributed by atoms with Crippen molar-refractivity contribution in [2.45, 2.75) is 64.0 Å². The molecular weight excluding hydrogens is 276 g/mol. The van der Waals surface area contributed by atoms with Gasteiger partial charge in [-0.15, -0.1) is 0 Å². The molecule has 0 spiro atoms. The number of nitrogens with zero attached hydrogens (tertiary/aromatic N) is 3. The van der Waals surface area contributed by atoms with E-state index >= 15 is 0 Å². The van der Waals surface area contributed by atoms with Gasteiger partial charge in [-0.1, -0.05) is 19.3 Å². The molecule has 5 nitrogen and oxygen atoms in total. The van der Waals surface area contributed by atoms with E-state index in [0.29, 0.717) is 6.54 Å². The van der Waals surface area contributed by atoms with Crippen molar-refractivity contribution in [1.29, 1.82) is 0 Å². The maximum Gasteiger partial charge on any atom is 0.194 e. The third-order valence-electron chi connectivity index (χ3n) is 4.93. The van der Waals surface area contributed by atoms with Crippen LogP contribution in [0, 0.1) is 0 Å². The molecule has 128 valence electrons. The summed E-state index contributed by atoms with van der Waals surface area (Å²) in [6.45, 7) is 6.61. The lowest BCUT2D eigenvalue weighted by Gasteiger charge is -2.31. The highest BCUT2D eigenvalue weighted by atomic mass is 16.3. The van der Waals surface area contributed by atoms with Crippen molar-refractivity contribution in [1.82, 2.24) is 15.1 Å². The van der Waals surface area contributed by atoms with Crippen LogP contribution in [-0.4, -0.2) is 72.8 Å². The van der Waals surface area contributed by atoms with Crippen molar-refractivity contribution in [2.24, 2.45) is 4.99 Å². The highest BCUT2D eigenvalue weighted by molar-refractivity contribution is 5.80. The molecule has 0 aromatic heterocycles. The molecule has 0 aromatic carbocycles. The SMILES string of the molecule is CCNC(=NCCCN(C)C1CCCCC1)N1CC[C@@H](O)C1. The molecule has 5 heteroatoms. The molecule has 0 aromatic rings. The molecule has 1 saturated heterocycles. The van der Waals surface area contributed by atoms with E-state index in [2.05, 4.69) is 29.1 Å². The summed E-state index contributed by atoms with van der Waals surface area (Å²) in [6.07, 6.45) is 8.73. The lowest BCUT2D eigenvalue weighted by atomic mass is 9.94. The van der Waals surface area contributed by atoms with Crippen LogP contribution in [-0.2, 0) is 0 Å². The van der Waals surface area contributed by atoms with Gasteiger partial charge in [0.25, 0.3) is 0 Å². The van der Waals surface area contributed by atoms with Crippen LogP contribution in [0.15, 0.2) is 4.99 Å². The molecule has 2 rings (SSSR count). The summed E-state index contributed by atoms with van der Waals surface area (Å²) >= 11 is 0. The number of aliphatic imine (C=N–C) groups is 1. The topological polar surface area (TPSA) is 51.1 Å². The van der Waals surface area contributed by atoms with E-state index in [4.69, 9.17) is 4.99 Å². The third kappa shape index (κ3) is 5.43. The molecule has 1 saturated carbocycles. The van der Waals surface area contributed by atoms with Gasteiger partial charge in [0.1, 0.15) is 0 Å². The summed E-state index contributed by atoms with van der Waals surface area (Å²) in [6, 6.07) is 0.791. The fraction of sp³-hybridized carbons (Fsp3) is 0.941. The van der Waals surface area contributed by atoms with Gasteiger partial charge < -0.3 is 20.2 Å². The van der Waals surface area contributed by atoms with Crippen molar-refractivity contribution in [3.05, 3.63) is 0 Å². The number of likely N-dealkylation sites (tertiary alicyclic amines) is 1.